The summed E-state index contributed by atoms with van der Waals surface area (Å²) in [6.45, 7) is 1.59. The van der Waals surface area contributed by atoms with Crippen molar-refractivity contribution in [3.8, 4) is 0 Å². The minimum atomic E-state index is -1.17. The maximum absolute atomic E-state index is 13.4. The molecule has 0 saturated carbocycles. The van der Waals surface area contributed by atoms with E-state index in [0.717, 1.165) is 38.0 Å². The zero-order valence-corrected chi connectivity index (χ0v) is 11.2. The number of hydrogen-bond donors (Lipinski definition) is 2. The third kappa shape index (κ3) is 5.63. The van der Waals surface area contributed by atoms with E-state index in [1.807, 2.05) is 0 Å². The van der Waals surface area contributed by atoms with E-state index in [1.54, 1.807) is 7.11 Å². The molecule has 0 bridgehead atoms. The fraction of sp³-hybridized carbons (Fsp3) is 0.571. The van der Waals surface area contributed by atoms with E-state index in [9.17, 15) is 13.9 Å². The van der Waals surface area contributed by atoms with Crippen molar-refractivity contribution in [1.82, 2.24) is 5.32 Å². The number of halogens is 2. The van der Waals surface area contributed by atoms with Crippen LogP contribution in [0.15, 0.2) is 18.2 Å². The van der Waals surface area contributed by atoms with Crippen LogP contribution in [0.1, 0.15) is 30.9 Å². The molecule has 0 heterocycles. The summed E-state index contributed by atoms with van der Waals surface area (Å²) in [5, 5.41) is 12.8. The van der Waals surface area contributed by atoms with Crippen molar-refractivity contribution in [2.45, 2.75) is 25.4 Å². The van der Waals surface area contributed by atoms with Crippen LogP contribution in [0.25, 0.3) is 0 Å². The molecule has 0 saturated heterocycles. The zero-order valence-electron chi connectivity index (χ0n) is 11.2. The van der Waals surface area contributed by atoms with Crippen molar-refractivity contribution in [2.24, 2.45) is 0 Å². The lowest BCUT2D eigenvalue weighted by Gasteiger charge is -2.13. The molecule has 1 aromatic rings. The fourth-order valence-electron chi connectivity index (χ4n) is 1.84. The van der Waals surface area contributed by atoms with E-state index in [1.165, 1.54) is 6.07 Å². The average molecular weight is 273 g/mol. The van der Waals surface area contributed by atoms with Crippen LogP contribution >= 0.6 is 0 Å². The van der Waals surface area contributed by atoms with Gasteiger partial charge in [0.15, 0.2) is 0 Å². The molecule has 2 N–H and O–H groups in total. The first-order valence-electron chi connectivity index (χ1n) is 6.48. The topological polar surface area (TPSA) is 41.5 Å². The molecule has 1 atom stereocenters. The molecule has 3 nitrogen and oxygen atoms in total. The molecule has 1 rings (SSSR count). The Morgan fingerprint density at radius 2 is 1.89 bits per heavy atom. The Labute approximate surface area is 112 Å². The van der Waals surface area contributed by atoms with Crippen molar-refractivity contribution in [2.75, 3.05) is 26.8 Å². The first-order chi connectivity index (χ1) is 9.16. The van der Waals surface area contributed by atoms with Gasteiger partial charge in [-0.3, -0.25) is 0 Å². The molecule has 0 spiro atoms. The van der Waals surface area contributed by atoms with Gasteiger partial charge in [-0.05, 0) is 37.9 Å². The van der Waals surface area contributed by atoms with Crippen molar-refractivity contribution in [3.05, 3.63) is 35.4 Å². The van der Waals surface area contributed by atoms with Crippen LogP contribution in [-0.2, 0) is 4.74 Å². The highest BCUT2D eigenvalue weighted by Crippen LogP contribution is 2.19. The van der Waals surface area contributed by atoms with Crippen molar-refractivity contribution >= 4 is 0 Å². The number of hydrogen-bond acceptors (Lipinski definition) is 3. The summed E-state index contributed by atoms with van der Waals surface area (Å²) in [6, 6.07) is 3.57. The Hall–Kier alpha value is -1.04. The van der Waals surface area contributed by atoms with Gasteiger partial charge >= 0.3 is 0 Å². The van der Waals surface area contributed by atoms with Gasteiger partial charge in [-0.15, -0.1) is 0 Å². The number of ether oxygens (including phenoxy) is 1. The van der Waals surface area contributed by atoms with E-state index < -0.39 is 17.7 Å². The molecule has 0 aliphatic rings. The SMILES string of the molecule is COCCCCCNCC(O)c1c(F)cccc1F. The van der Waals surface area contributed by atoms with Crippen molar-refractivity contribution in [1.29, 1.82) is 0 Å². The van der Waals surface area contributed by atoms with Crippen LogP contribution in [0.2, 0.25) is 0 Å². The summed E-state index contributed by atoms with van der Waals surface area (Å²) in [6.07, 6.45) is 1.78. The van der Waals surface area contributed by atoms with Gasteiger partial charge in [-0.25, -0.2) is 8.78 Å². The van der Waals surface area contributed by atoms with Gasteiger partial charge in [0.05, 0.1) is 11.7 Å². The standard InChI is InChI=1S/C14H21F2NO2/c1-19-9-4-2-3-8-17-10-13(18)14-11(15)6-5-7-12(14)16/h5-7,13,17-18H,2-4,8-10H2,1H3. The smallest absolute Gasteiger partial charge is 0.131 e. The number of aliphatic hydroxyl groups excluding tert-OH is 1. The lowest BCUT2D eigenvalue weighted by Crippen LogP contribution is -2.23. The molecule has 19 heavy (non-hydrogen) atoms. The lowest BCUT2D eigenvalue weighted by atomic mass is 10.1. The fourth-order valence-corrected chi connectivity index (χ4v) is 1.84. The number of rotatable bonds is 9. The Bertz CT molecular complexity index is 354. The van der Waals surface area contributed by atoms with Crippen molar-refractivity contribution in [3.63, 3.8) is 0 Å². The number of methoxy groups -OCH3 is 1. The Kier molecular flexibility index (Phi) is 7.55. The maximum Gasteiger partial charge on any atom is 0.131 e. The summed E-state index contributed by atoms with van der Waals surface area (Å²) < 4.78 is 31.7. The quantitative estimate of drug-likeness (QED) is 0.679. The van der Waals surface area contributed by atoms with Gasteiger partial charge in [0.1, 0.15) is 11.6 Å². The van der Waals surface area contributed by atoms with E-state index in [2.05, 4.69) is 5.32 Å². The van der Waals surface area contributed by atoms with Gasteiger partial charge in [-0.1, -0.05) is 6.07 Å². The molecule has 108 valence electrons. The molecule has 0 amide bonds. The van der Waals surface area contributed by atoms with Gasteiger partial charge in [-0.2, -0.15) is 0 Å². The van der Waals surface area contributed by atoms with Crippen molar-refractivity contribution < 1.29 is 18.6 Å². The Morgan fingerprint density at radius 3 is 2.53 bits per heavy atom. The van der Waals surface area contributed by atoms with Crippen LogP contribution in [0.3, 0.4) is 0 Å². The number of unbranched alkanes of at least 4 members (excludes halogenated alkanes) is 2. The van der Waals surface area contributed by atoms with Gasteiger partial charge < -0.3 is 15.2 Å². The summed E-state index contributed by atoms with van der Waals surface area (Å²) in [7, 11) is 1.66. The molecule has 0 aliphatic carbocycles. The third-order valence-electron chi connectivity index (χ3n) is 2.87. The van der Waals surface area contributed by atoms with Crippen LogP contribution in [0, 0.1) is 11.6 Å². The van der Waals surface area contributed by atoms with Gasteiger partial charge in [0.2, 0.25) is 0 Å². The lowest BCUT2D eigenvalue weighted by molar-refractivity contribution is 0.164. The second-order valence-electron chi connectivity index (χ2n) is 4.41. The van der Waals surface area contributed by atoms with E-state index >= 15 is 0 Å². The molecule has 1 aromatic carbocycles. The highest BCUT2D eigenvalue weighted by atomic mass is 19.1. The van der Waals surface area contributed by atoms with E-state index in [4.69, 9.17) is 4.74 Å². The largest absolute Gasteiger partial charge is 0.387 e. The minimum absolute atomic E-state index is 0.141. The van der Waals surface area contributed by atoms with Gasteiger partial charge in [0, 0.05) is 20.3 Å². The highest BCUT2D eigenvalue weighted by Gasteiger charge is 2.16. The molecular formula is C14H21F2NO2. The molecule has 0 aliphatic heterocycles. The first kappa shape index (κ1) is 16.0. The summed E-state index contributed by atoms with van der Waals surface area (Å²) in [4.78, 5) is 0. The second kappa shape index (κ2) is 8.96. The molecule has 0 fully saturated rings. The van der Waals surface area contributed by atoms with Crippen LogP contribution < -0.4 is 5.32 Å². The Balaban J connectivity index is 2.26. The summed E-state index contributed by atoms with van der Waals surface area (Å²) in [5.74, 6) is -1.43. The molecule has 0 radical (unpaired) electrons. The second-order valence-corrected chi connectivity index (χ2v) is 4.41. The van der Waals surface area contributed by atoms with Gasteiger partial charge in [0.25, 0.3) is 0 Å². The number of benzene rings is 1. The van der Waals surface area contributed by atoms with Crippen LogP contribution in [0.4, 0.5) is 8.78 Å². The molecule has 1 unspecified atom stereocenters. The average Bonchev–Trinajstić information content (AvgIpc) is 2.37. The van der Waals surface area contributed by atoms with E-state index in [0.29, 0.717) is 6.54 Å². The third-order valence-corrected chi connectivity index (χ3v) is 2.87. The van der Waals surface area contributed by atoms with Crippen LogP contribution in [-0.4, -0.2) is 31.9 Å². The summed E-state index contributed by atoms with van der Waals surface area (Å²) >= 11 is 0. The number of aliphatic hydroxyl groups is 1. The minimum Gasteiger partial charge on any atom is -0.387 e. The maximum atomic E-state index is 13.4. The monoisotopic (exact) mass is 273 g/mol. The summed E-state index contributed by atoms with van der Waals surface area (Å²) in [5.41, 5.74) is -0.269. The predicted octanol–water partition coefficient (Wildman–Crippen LogP) is 2.40. The zero-order chi connectivity index (χ0) is 14.1. The Morgan fingerprint density at radius 1 is 1.21 bits per heavy atom. The molecule has 5 heteroatoms. The number of nitrogens with one attached hydrogen (secondary N) is 1. The normalized spacial score (nSPS) is 12.6. The van der Waals surface area contributed by atoms with Crippen LogP contribution in [0.5, 0.6) is 0 Å². The predicted molar refractivity (Wildman–Crippen MR) is 69.9 cm³/mol. The molecule has 0 aromatic heterocycles. The molecular weight excluding hydrogens is 252 g/mol. The highest BCUT2D eigenvalue weighted by molar-refractivity contribution is 5.22. The van der Waals surface area contributed by atoms with E-state index in [-0.39, 0.29) is 12.1 Å². The first-order valence-corrected chi connectivity index (χ1v) is 6.48.